The van der Waals surface area contributed by atoms with E-state index in [1.54, 1.807) is 56.7 Å². The Morgan fingerprint density at radius 3 is 2.18 bits per heavy atom. The molecule has 0 atom stereocenters. The SMILES string of the molecule is COc1ccc(N(C)S(=O)(=O)c2ccc(OC)c(N3CCN(C(=O)C4CCC4)CC3)c2)cc1. The average Bonchev–Trinajstić information content (AvgIpc) is 2.82. The van der Waals surface area contributed by atoms with Crippen LogP contribution in [-0.2, 0) is 14.8 Å². The van der Waals surface area contributed by atoms with E-state index in [9.17, 15) is 13.2 Å². The van der Waals surface area contributed by atoms with Crippen molar-refractivity contribution in [3.05, 3.63) is 42.5 Å². The van der Waals surface area contributed by atoms with Gasteiger partial charge in [-0.15, -0.1) is 0 Å². The third-order valence-corrected chi connectivity index (χ3v) is 8.41. The molecule has 2 aromatic rings. The van der Waals surface area contributed by atoms with Crippen LogP contribution in [0.4, 0.5) is 11.4 Å². The number of rotatable bonds is 7. The highest BCUT2D eigenvalue weighted by molar-refractivity contribution is 7.92. The zero-order valence-corrected chi connectivity index (χ0v) is 20.2. The number of benzene rings is 2. The molecule has 1 heterocycles. The number of amides is 1. The number of sulfonamides is 1. The summed E-state index contributed by atoms with van der Waals surface area (Å²) in [5, 5.41) is 0. The fraction of sp³-hybridized carbons (Fsp3) is 0.458. The zero-order chi connectivity index (χ0) is 23.6. The first-order valence-corrected chi connectivity index (χ1v) is 12.6. The predicted octanol–water partition coefficient (Wildman–Crippen LogP) is 2.98. The Balaban J connectivity index is 1.54. The summed E-state index contributed by atoms with van der Waals surface area (Å²) in [6, 6.07) is 11.8. The number of hydrogen-bond donors (Lipinski definition) is 0. The smallest absolute Gasteiger partial charge is 0.264 e. The van der Waals surface area contributed by atoms with Crippen LogP contribution in [0.5, 0.6) is 11.5 Å². The van der Waals surface area contributed by atoms with E-state index in [-0.39, 0.29) is 16.7 Å². The molecule has 1 saturated carbocycles. The van der Waals surface area contributed by atoms with Gasteiger partial charge in [-0.2, -0.15) is 0 Å². The van der Waals surface area contributed by atoms with Crippen LogP contribution in [0, 0.1) is 5.92 Å². The number of methoxy groups -OCH3 is 2. The van der Waals surface area contributed by atoms with Crippen molar-refractivity contribution in [2.45, 2.75) is 24.2 Å². The second-order valence-corrected chi connectivity index (χ2v) is 10.4. The van der Waals surface area contributed by atoms with E-state index in [1.165, 1.54) is 11.4 Å². The molecule has 1 amide bonds. The number of piperazine rings is 1. The Kier molecular flexibility index (Phi) is 6.69. The number of carbonyl (C=O) groups is 1. The standard InChI is InChI=1S/C24H31N3O5S/c1-25(19-7-9-20(31-2)10-8-19)33(29,30)21-11-12-23(32-3)22(17-21)26-13-15-27(16-14-26)24(28)18-5-4-6-18/h7-12,17-18H,4-6,13-16H2,1-3H3. The molecule has 0 N–H and O–H groups in total. The maximum Gasteiger partial charge on any atom is 0.264 e. The monoisotopic (exact) mass is 473 g/mol. The molecular formula is C24H31N3O5S. The van der Waals surface area contributed by atoms with Gasteiger partial charge >= 0.3 is 0 Å². The number of anilines is 2. The van der Waals surface area contributed by atoms with Crippen LogP contribution in [0.2, 0.25) is 0 Å². The minimum atomic E-state index is -3.78. The van der Waals surface area contributed by atoms with Crippen molar-refractivity contribution in [3.8, 4) is 11.5 Å². The molecule has 0 radical (unpaired) electrons. The number of ether oxygens (including phenoxy) is 2. The molecule has 1 saturated heterocycles. The highest BCUT2D eigenvalue weighted by Crippen LogP contribution is 2.34. The molecular weight excluding hydrogens is 442 g/mol. The normalized spacial score (nSPS) is 16.8. The van der Waals surface area contributed by atoms with Crippen molar-refractivity contribution in [1.29, 1.82) is 0 Å². The first-order chi connectivity index (χ1) is 15.8. The molecule has 0 spiro atoms. The Morgan fingerprint density at radius 2 is 1.64 bits per heavy atom. The van der Waals surface area contributed by atoms with Crippen LogP contribution in [0.25, 0.3) is 0 Å². The van der Waals surface area contributed by atoms with Crippen molar-refractivity contribution in [1.82, 2.24) is 4.90 Å². The fourth-order valence-electron chi connectivity index (χ4n) is 4.25. The maximum absolute atomic E-state index is 13.4. The molecule has 2 fully saturated rings. The van der Waals surface area contributed by atoms with E-state index in [0.717, 1.165) is 24.9 Å². The summed E-state index contributed by atoms with van der Waals surface area (Å²) < 4.78 is 38.7. The van der Waals surface area contributed by atoms with Crippen LogP contribution >= 0.6 is 0 Å². The minimum absolute atomic E-state index is 0.185. The molecule has 1 aliphatic carbocycles. The predicted molar refractivity (Wildman–Crippen MR) is 128 cm³/mol. The summed E-state index contributed by atoms with van der Waals surface area (Å²) in [4.78, 5) is 16.8. The summed E-state index contributed by atoms with van der Waals surface area (Å²) in [6.07, 6.45) is 3.13. The summed E-state index contributed by atoms with van der Waals surface area (Å²) in [6.45, 7) is 2.52. The molecule has 0 unspecified atom stereocenters. The van der Waals surface area contributed by atoms with E-state index in [2.05, 4.69) is 4.90 Å². The van der Waals surface area contributed by atoms with Gasteiger partial charge in [0.05, 0.1) is 30.5 Å². The molecule has 2 aromatic carbocycles. The molecule has 33 heavy (non-hydrogen) atoms. The maximum atomic E-state index is 13.4. The van der Waals surface area contributed by atoms with E-state index in [1.807, 2.05) is 4.90 Å². The lowest BCUT2D eigenvalue weighted by Crippen LogP contribution is -2.51. The average molecular weight is 474 g/mol. The third-order valence-electron chi connectivity index (χ3n) is 6.63. The first kappa shape index (κ1) is 23.2. The van der Waals surface area contributed by atoms with E-state index in [4.69, 9.17) is 9.47 Å². The molecule has 8 nitrogen and oxygen atoms in total. The lowest BCUT2D eigenvalue weighted by Gasteiger charge is -2.39. The van der Waals surface area contributed by atoms with Crippen molar-refractivity contribution >= 4 is 27.3 Å². The molecule has 2 aliphatic rings. The van der Waals surface area contributed by atoms with Gasteiger partial charge in [-0.1, -0.05) is 6.42 Å². The van der Waals surface area contributed by atoms with Crippen LogP contribution in [-0.4, -0.2) is 66.7 Å². The second-order valence-electron chi connectivity index (χ2n) is 8.44. The highest BCUT2D eigenvalue weighted by Gasteiger charge is 2.32. The van der Waals surface area contributed by atoms with Gasteiger partial charge in [0.1, 0.15) is 11.5 Å². The first-order valence-electron chi connectivity index (χ1n) is 11.2. The van der Waals surface area contributed by atoms with Crippen molar-refractivity contribution in [3.63, 3.8) is 0 Å². The Bertz CT molecular complexity index is 1090. The second kappa shape index (κ2) is 9.51. The number of carbonyl (C=O) groups excluding carboxylic acids is 1. The Morgan fingerprint density at radius 1 is 0.970 bits per heavy atom. The van der Waals surface area contributed by atoms with E-state index in [0.29, 0.717) is 43.4 Å². The minimum Gasteiger partial charge on any atom is -0.497 e. The number of hydrogen-bond acceptors (Lipinski definition) is 6. The molecule has 0 bridgehead atoms. The fourth-order valence-corrected chi connectivity index (χ4v) is 5.46. The van der Waals surface area contributed by atoms with Gasteiger partial charge in [0.2, 0.25) is 5.91 Å². The van der Waals surface area contributed by atoms with Gasteiger partial charge in [-0.05, 0) is 55.3 Å². The van der Waals surface area contributed by atoms with Crippen LogP contribution in [0.3, 0.4) is 0 Å². The Labute approximate surface area is 195 Å². The summed E-state index contributed by atoms with van der Waals surface area (Å²) in [5.41, 5.74) is 1.26. The molecule has 4 rings (SSSR count). The van der Waals surface area contributed by atoms with Crippen molar-refractivity contribution in [2.75, 3.05) is 56.7 Å². The van der Waals surface area contributed by atoms with Gasteiger partial charge in [-0.25, -0.2) is 8.42 Å². The molecule has 9 heteroatoms. The van der Waals surface area contributed by atoms with Gasteiger partial charge in [0.15, 0.2) is 0 Å². The van der Waals surface area contributed by atoms with Crippen LogP contribution in [0.1, 0.15) is 19.3 Å². The quantitative estimate of drug-likeness (QED) is 0.615. The topological polar surface area (TPSA) is 79.4 Å². The van der Waals surface area contributed by atoms with E-state index >= 15 is 0 Å². The molecule has 178 valence electrons. The summed E-state index contributed by atoms with van der Waals surface area (Å²) >= 11 is 0. The summed E-state index contributed by atoms with van der Waals surface area (Å²) in [5.74, 6) is 1.71. The van der Waals surface area contributed by atoms with Gasteiger partial charge in [0.25, 0.3) is 10.0 Å². The lowest BCUT2D eigenvalue weighted by molar-refractivity contribution is -0.138. The van der Waals surface area contributed by atoms with Crippen LogP contribution in [0.15, 0.2) is 47.4 Å². The highest BCUT2D eigenvalue weighted by atomic mass is 32.2. The van der Waals surface area contributed by atoms with Crippen molar-refractivity contribution in [2.24, 2.45) is 5.92 Å². The molecule has 0 aromatic heterocycles. The lowest BCUT2D eigenvalue weighted by atomic mass is 9.84. The van der Waals surface area contributed by atoms with Crippen molar-refractivity contribution < 1.29 is 22.7 Å². The summed E-state index contributed by atoms with van der Waals surface area (Å²) in [7, 11) is 0.894. The Hall–Kier alpha value is -2.94. The van der Waals surface area contributed by atoms with Gasteiger partial charge in [0, 0.05) is 39.1 Å². The number of nitrogens with zero attached hydrogens (tertiary/aromatic N) is 3. The van der Waals surface area contributed by atoms with Gasteiger partial charge in [-0.3, -0.25) is 9.10 Å². The largest absolute Gasteiger partial charge is 0.497 e. The zero-order valence-electron chi connectivity index (χ0n) is 19.4. The van der Waals surface area contributed by atoms with Crippen LogP contribution < -0.4 is 18.7 Å². The molecule has 1 aliphatic heterocycles. The van der Waals surface area contributed by atoms with E-state index < -0.39 is 10.0 Å². The third kappa shape index (κ3) is 4.59. The van der Waals surface area contributed by atoms with Gasteiger partial charge < -0.3 is 19.3 Å².